The molecule has 1 aliphatic rings. The molecule has 3 heterocycles. The lowest BCUT2D eigenvalue weighted by molar-refractivity contribution is -0.119. The molecule has 0 saturated carbocycles. The van der Waals surface area contributed by atoms with E-state index in [2.05, 4.69) is 15.4 Å². The molecule has 0 radical (unpaired) electrons. The topological polar surface area (TPSA) is 89.4 Å². The molecule has 30 heavy (non-hydrogen) atoms. The standard InChI is InChI=1S/C21H20FN5O3/c1-13-4-3-5-18(25-13)20-8-9-24-27(20)19-7-6-15(10-17(19)22)26-12-16(30-21(26)29)11-23-14(2)28/h3-10,16H,11-12H2,1-2H3,(H,23,28)/t16-/m0/s1. The molecule has 154 valence electrons. The number of ether oxygens (including phenoxy) is 1. The number of nitrogens with one attached hydrogen (secondary N) is 1. The number of benzene rings is 1. The quantitative estimate of drug-likeness (QED) is 0.700. The van der Waals surface area contributed by atoms with Crippen LogP contribution < -0.4 is 10.2 Å². The molecule has 0 spiro atoms. The predicted molar refractivity (Wildman–Crippen MR) is 108 cm³/mol. The Morgan fingerprint density at radius 1 is 1.30 bits per heavy atom. The fraction of sp³-hybridized carbons (Fsp3) is 0.238. The molecule has 1 atom stereocenters. The van der Waals surface area contributed by atoms with E-state index in [9.17, 15) is 9.59 Å². The molecule has 2 amide bonds. The number of halogens is 1. The molecule has 1 N–H and O–H groups in total. The maximum absolute atomic E-state index is 15.0. The SMILES string of the molecule is CC(=O)NC[C@H]1CN(c2ccc(-n3nccc3-c3cccc(C)n3)c(F)c2)C(=O)O1. The van der Waals surface area contributed by atoms with Gasteiger partial charge in [-0.2, -0.15) is 5.10 Å². The van der Waals surface area contributed by atoms with Crippen LogP contribution in [0.25, 0.3) is 17.1 Å². The van der Waals surface area contributed by atoms with Crippen LogP contribution in [0.15, 0.2) is 48.7 Å². The summed E-state index contributed by atoms with van der Waals surface area (Å²) in [7, 11) is 0. The lowest BCUT2D eigenvalue weighted by atomic mass is 10.2. The largest absolute Gasteiger partial charge is 0.442 e. The average molecular weight is 409 g/mol. The molecular weight excluding hydrogens is 389 g/mol. The Balaban J connectivity index is 1.59. The van der Waals surface area contributed by atoms with Gasteiger partial charge in [-0.1, -0.05) is 6.07 Å². The van der Waals surface area contributed by atoms with Gasteiger partial charge in [0.2, 0.25) is 5.91 Å². The third kappa shape index (κ3) is 3.86. The van der Waals surface area contributed by atoms with Crippen LogP contribution in [0.2, 0.25) is 0 Å². The fourth-order valence-electron chi connectivity index (χ4n) is 3.31. The summed E-state index contributed by atoms with van der Waals surface area (Å²) in [6, 6.07) is 11.8. The highest BCUT2D eigenvalue weighted by Crippen LogP contribution is 2.28. The number of cyclic esters (lactones) is 1. The van der Waals surface area contributed by atoms with Gasteiger partial charge in [0.25, 0.3) is 0 Å². The number of rotatable bonds is 5. The van der Waals surface area contributed by atoms with Gasteiger partial charge in [-0.05, 0) is 43.3 Å². The molecule has 2 aromatic heterocycles. The van der Waals surface area contributed by atoms with Gasteiger partial charge in [-0.3, -0.25) is 14.7 Å². The van der Waals surface area contributed by atoms with Crippen LogP contribution in [0.4, 0.5) is 14.9 Å². The molecular formula is C21H20FN5O3. The van der Waals surface area contributed by atoms with Gasteiger partial charge >= 0.3 is 6.09 Å². The van der Waals surface area contributed by atoms with E-state index in [0.717, 1.165) is 5.69 Å². The van der Waals surface area contributed by atoms with E-state index in [1.54, 1.807) is 24.4 Å². The molecule has 0 bridgehead atoms. The van der Waals surface area contributed by atoms with Crippen molar-refractivity contribution in [2.75, 3.05) is 18.0 Å². The summed E-state index contributed by atoms with van der Waals surface area (Å²) in [6.07, 6.45) is 0.507. The van der Waals surface area contributed by atoms with Crippen LogP contribution in [0, 0.1) is 12.7 Å². The van der Waals surface area contributed by atoms with Crippen LogP contribution in [0.5, 0.6) is 0 Å². The van der Waals surface area contributed by atoms with Crippen LogP contribution >= 0.6 is 0 Å². The normalized spacial score (nSPS) is 15.9. The summed E-state index contributed by atoms with van der Waals surface area (Å²) in [5.74, 6) is -0.749. The molecule has 8 nitrogen and oxygen atoms in total. The molecule has 3 aromatic rings. The Bertz CT molecular complexity index is 1110. The molecule has 4 rings (SSSR count). The number of anilines is 1. The number of aromatic nitrogens is 3. The van der Waals surface area contributed by atoms with E-state index >= 15 is 4.39 Å². The first-order chi connectivity index (χ1) is 14.4. The van der Waals surface area contributed by atoms with Crippen molar-refractivity contribution in [2.45, 2.75) is 20.0 Å². The molecule has 1 aromatic carbocycles. The third-order valence-corrected chi connectivity index (χ3v) is 4.72. The van der Waals surface area contributed by atoms with Crippen molar-refractivity contribution in [3.8, 4) is 17.1 Å². The number of nitrogens with zero attached hydrogens (tertiary/aromatic N) is 4. The lowest BCUT2D eigenvalue weighted by Crippen LogP contribution is -2.33. The van der Waals surface area contributed by atoms with Gasteiger partial charge in [-0.25, -0.2) is 13.9 Å². The Morgan fingerprint density at radius 3 is 2.87 bits per heavy atom. The number of hydrogen-bond acceptors (Lipinski definition) is 5. The zero-order valence-corrected chi connectivity index (χ0v) is 16.5. The van der Waals surface area contributed by atoms with Gasteiger partial charge in [0, 0.05) is 12.6 Å². The molecule has 0 aliphatic carbocycles. The first-order valence-corrected chi connectivity index (χ1v) is 9.43. The second kappa shape index (κ2) is 7.94. The summed E-state index contributed by atoms with van der Waals surface area (Å²) in [6.45, 7) is 3.70. The Labute approximate surface area is 172 Å². The summed E-state index contributed by atoms with van der Waals surface area (Å²) in [4.78, 5) is 29.0. The second-order valence-corrected chi connectivity index (χ2v) is 6.98. The van der Waals surface area contributed by atoms with Crippen LogP contribution in [0.1, 0.15) is 12.6 Å². The average Bonchev–Trinajstić information content (AvgIpc) is 3.33. The zero-order valence-electron chi connectivity index (χ0n) is 16.5. The minimum atomic E-state index is -0.582. The predicted octanol–water partition coefficient (Wildman–Crippen LogP) is 2.84. The molecule has 0 unspecified atom stereocenters. The van der Waals surface area contributed by atoms with Crippen molar-refractivity contribution in [3.63, 3.8) is 0 Å². The number of amides is 2. The molecule has 9 heteroatoms. The maximum atomic E-state index is 15.0. The number of carbonyl (C=O) groups is 2. The number of pyridine rings is 1. The highest BCUT2D eigenvalue weighted by Gasteiger charge is 2.32. The van der Waals surface area contributed by atoms with Crippen molar-refractivity contribution in [2.24, 2.45) is 0 Å². The lowest BCUT2D eigenvalue weighted by Gasteiger charge is -2.15. The molecule has 1 saturated heterocycles. The third-order valence-electron chi connectivity index (χ3n) is 4.72. The first kappa shape index (κ1) is 19.6. The first-order valence-electron chi connectivity index (χ1n) is 9.43. The van der Waals surface area contributed by atoms with Crippen LogP contribution in [-0.2, 0) is 9.53 Å². The van der Waals surface area contributed by atoms with Crippen molar-refractivity contribution in [1.82, 2.24) is 20.1 Å². The highest BCUT2D eigenvalue weighted by molar-refractivity contribution is 5.90. The van der Waals surface area contributed by atoms with E-state index < -0.39 is 18.0 Å². The van der Waals surface area contributed by atoms with Gasteiger partial charge < -0.3 is 10.1 Å². The number of aryl methyl sites for hydroxylation is 1. The summed E-state index contributed by atoms with van der Waals surface area (Å²) >= 11 is 0. The van der Waals surface area contributed by atoms with Crippen molar-refractivity contribution < 1.29 is 18.7 Å². The van der Waals surface area contributed by atoms with Gasteiger partial charge in [0.1, 0.15) is 11.8 Å². The van der Waals surface area contributed by atoms with Gasteiger partial charge in [0.05, 0.1) is 36.4 Å². The number of carbonyl (C=O) groups excluding carboxylic acids is 2. The van der Waals surface area contributed by atoms with Crippen molar-refractivity contribution in [1.29, 1.82) is 0 Å². The zero-order chi connectivity index (χ0) is 21.3. The van der Waals surface area contributed by atoms with E-state index in [-0.39, 0.29) is 24.7 Å². The molecule has 1 fully saturated rings. The van der Waals surface area contributed by atoms with Crippen molar-refractivity contribution >= 4 is 17.7 Å². The minimum Gasteiger partial charge on any atom is -0.442 e. The van der Waals surface area contributed by atoms with Crippen molar-refractivity contribution in [3.05, 3.63) is 60.2 Å². The minimum absolute atomic E-state index is 0.207. The monoisotopic (exact) mass is 409 g/mol. The summed E-state index contributed by atoms with van der Waals surface area (Å²) < 4.78 is 21.7. The Morgan fingerprint density at radius 2 is 2.13 bits per heavy atom. The van der Waals surface area contributed by atoms with Gasteiger partial charge in [-0.15, -0.1) is 0 Å². The van der Waals surface area contributed by atoms with E-state index in [4.69, 9.17) is 4.74 Å². The molecule has 1 aliphatic heterocycles. The smallest absolute Gasteiger partial charge is 0.414 e. The Kier molecular flexibility index (Phi) is 5.18. The van der Waals surface area contributed by atoms with E-state index in [0.29, 0.717) is 17.1 Å². The summed E-state index contributed by atoms with van der Waals surface area (Å²) in [5.41, 5.74) is 2.79. The van der Waals surface area contributed by atoms with Gasteiger partial charge in [0.15, 0.2) is 5.82 Å². The number of hydrogen-bond donors (Lipinski definition) is 1. The van der Waals surface area contributed by atoms with Crippen LogP contribution in [-0.4, -0.2) is 46.0 Å². The van der Waals surface area contributed by atoms with E-state index in [1.807, 2.05) is 25.1 Å². The van der Waals surface area contributed by atoms with Crippen LogP contribution in [0.3, 0.4) is 0 Å². The summed E-state index contributed by atoms with van der Waals surface area (Å²) in [5, 5.41) is 6.85. The van der Waals surface area contributed by atoms with E-state index in [1.165, 1.54) is 22.6 Å². The fourth-order valence-corrected chi connectivity index (χ4v) is 3.31. The highest BCUT2D eigenvalue weighted by atomic mass is 19.1. The Hall–Kier alpha value is -3.75. The maximum Gasteiger partial charge on any atom is 0.414 e. The second-order valence-electron chi connectivity index (χ2n) is 6.98.